The number of methoxy groups -OCH3 is 1. The van der Waals surface area contributed by atoms with Gasteiger partial charge in [0.1, 0.15) is 12.4 Å². The quantitative estimate of drug-likeness (QED) is 0.400. The molecule has 2 N–H and O–H groups in total. The summed E-state index contributed by atoms with van der Waals surface area (Å²) in [5.41, 5.74) is 2.27. The Bertz CT molecular complexity index is 686. The maximum Gasteiger partial charge on any atom is 0.191 e. The molecule has 1 aromatic carbocycles. The molecular weight excluding hydrogens is 346 g/mol. The minimum absolute atomic E-state index is 0.445. The molecule has 142 valence electrons. The number of nitrogens with zero attached hydrogens (tertiary/aromatic N) is 1. The number of hydrogen-bond donors (Lipinski definition) is 2. The largest absolute Gasteiger partial charge is 0.491 e. The predicted molar refractivity (Wildman–Crippen MR) is 109 cm³/mol. The first-order valence-electron chi connectivity index (χ1n) is 8.83. The molecular formula is C20H29N3O2S. The summed E-state index contributed by atoms with van der Waals surface area (Å²) in [4.78, 5) is 5.69. The van der Waals surface area contributed by atoms with Crippen LogP contribution in [0.3, 0.4) is 0 Å². The number of aliphatic imine (C=N–C) groups is 1. The van der Waals surface area contributed by atoms with Crippen molar-refractivity contribution in [2.24, 2.45) is 4.99 Å². The van der Waals surface area contributed by atoms with Crippen molar-refractivity contribution in [3.63, 3.8) is 0 Å². The summed E-state index contributed by atoms with van der Waals surface area (Å²) < 4.78 is 10.9. The van der Waals surface area contributed by atoms with E-state index in [1.165, 1.54) is 10.4 Å². The Balaban J connectivity index is 1.89. The Morgan fingerprint density at radius 1 is 1.23 bits per heavy atom. The van der Waals surface area contributed by atoms with E-state index < -0.39 is 0 Å². The van der Waals surface area contributed by atoms with Gasteiger partial charge in [0.25, 0.3) is 0 Å². The van der Waals surface area contributed by atoms with Gasteiger partial charge in [-0.15, -0.1) is 11.3 Å². The van der Waals surface area contributed by atoms with Crippen molar-refractivity contribution >= 4 is 17.3 Å². The molecule has 5 nitrogen and oxygen atoms in total. The van der Waals surface area contributed by atoms with Crippen LogP contribution >= 0.6 is 11.3 Å². The summed E-state index contributed by atoms with van der Waals surface area (Å²) in [7, 11) is 3.46. The molecule has 0 spiro atoms. The topological polar surface area (TPSA) is 54.9 Å². The van der Waals surface area contributed by atoms with Crippen LogP contribution in [0, 0.1) is 6.92 Å². The fourth-order valence-corrected chi connectivity index (χ4v) is 3.29. The van der Waals surface area contributed by atoms with E-state index in [2.05, 4.69) is 65.2 Å². The van der Waals surface area contributed by atoms with Gasteiger partial charge in [-0.25, -0.2) is 0 Å². The van der Waals surface area contributed by atoms with Gasteiger partial charge in [0.2, 0.25) is 0 Å². The van der Waals surface area contributed by atoms with E-state index >= 15 is 0 Å². The van der Waals surface area contributed by atoms with Crippen molar-refractivity contribution in [1.29, 1.82) is 0 Å². The summed E-state index contributed by atoms with van der Waals surface area (Å²) in [5, 5.41) is 8.88. The minimum atomic E-state index is 0.445. The first-order valence-corrected chi connectivity index (χ1v) is 9.71. The van der Waals surface area contributed by atoms with Crippen molar-refractivity contribution in [2.45, 2.75) is 26.3 Å². The summed E-state index contributed by atoms with van der Waals surface area (Å²) >= 11 is 1.79. The zero-order chi connectivity index (χ0) is 18.8. The Hall–Kier alpha value is -2.05. The van der Waals surface area contributed by atoms with Crippen LogP contribution < -0.4 is 15.4 Å². The van der Waals surface area contributed by atoms with Crippen LogP contribution in [0.2, 0.25) is 0 Å². The number of guanidine groups is 1. The molecule has 2 rings (SSSR count). The van der Waals surface area contributed by atoms with Gasteiger partial charge in [-0.3, -0.25) is 4.99 Å². The molecule has 0 radical (unpaired) electrons. The molecule has 0 aliphatic heterocycles. The standard InChI is InChI=1S/C20H29N3O2S/c1-15-7-8-17(18(12-15)25-10-9-24-4)14-23-20(21-3)22-13-16(2)19-6-5-11-26-19/h5-8,11-12,16H,9-10,13-14H2,1-4H3,(H2,21,22,23). The van der Waals surface area contributed by atoms with E-state index in [0.717, 1.165) is 23.8 Å². The third-order valence-electron chi connectivity index (χ3n) is 4.04. The van der Waals surface area contributed by atoms with Crippen molar-refractivity contribution in [2.75, 3.05) is 33.9 Å². The SMILES string of the molecule is CN=C(NCc1ccc(C)cc1OCCOC)NCC(C)c1cccs1. The third-order valence-corrected chi connectivity index (χ3v) is 5.15. The lowest BCUT2D eigenvalue weighted by Crippen LogP contribution is -2.38. The number of benzene rings is 1. The normalized spacial score (nSPS) is 12.7. The Labute approximate surface area is 160 Å². The minimum Gasteiger partial charge on any atom is -0.491 e. The van der Waals surface area contributed by atoms with Gasteiger partial charge in [-0.1, -0.05) is 25.1 Å². The molecule has 1 heterocycles. The molecule has 0 bridgehead atoms. The van der Waals surface area contributed by atoms with Crippen LogP contribution in [0.25, 0.3) is 0 Å². The zero-order valence-electron chi connectivity index (χ0n) is 16.0. The van der Waals surface area contributed by atoms with Crippen LogP contribution in [0.1, 0.15) is 28.8 Å². The van der Waals surface area contributed by atoms with Gasteiger partial charge in [0.05, 0.1) is 6.61 Å². The molecule has 0 saturated heterocycles. The number of rotatable bonds is 9. The molecule has 1 unspecified atom stereocenters. The van der Waals surface area contributed by atoms with Gasteiger partial charge >= 0.3 is 0 Å². The van der Waals surface area contributed by atoms with Crippen molar-refractivity contribution < 1.29 is 9.47 Å². The Morgan fingerprint density at radius 2 is 2.08 bits per heavy atom. The maximum absolute atomic E-state index is 5.85. The van der Waals surface area contributed by atoms with E-state index in [0.29, 0.717) is 25.7 Å². The molecule has 2 aromatic rings. The number of ether oxygens (including phenoxy) is 2. The zero-order valence-corrected chi connectivity index (χ0v) is 16.9. The first kappa shape index (κ1) is 20.3. The molecule has 26 heavy (non-hydrogen) atoms. The fraction of sp³-hybridized carbons (Fsp3) is 0.450. The average Bonchev–Trinajstić information content (AvgIpc) is 3.18. The number of aryl methyl sites for hydroxylation is 1. The fourth-order valence-electron chi connectivity index (χ4n) is 2.50. The third kappa shape index (κ3) is 6.35. The molecule has 0 fully saturated rings. The molecule has 1 aromatic heterocycles. The highest BCUT2D eigenvalue weighted by atomic mass is 32.1. The van der Waals surface area contributed by atoms with Gasteiger partial charge in [-0.2, -0.15) is 0 Å². The highest BCUT2D eigenvalue weighted by Crippen LogP contribution is 2.21. The van der Waals surface area contributed by atoms with Crippen molar-refractivity contribution in [3.05, 3.63) is 51.7 Å². The second-order valence-corrected chi connectivity index (χ2v) is 7.15. The highest BCUT2D eigenvalue weighted by molar-refractivity contribution is 7.10. The molecule has 0 saturated carbocycles. The summed E-state index contributed by atoms with van der Waals surface area (Å²) in [5.74, 6) is 2.12. The lowest BCUT2D eigenvalue weighted by atomic mass is 10.1. The molecule has 0 amide bonds. The summed E-state index contributed by atoms with van der Waals surface area (Å²) in [6, 6.07) is 10.5. The van der Waals surface area contributed by atoms with Crippen LogP contribution in [0.15, 0.2) is 40.7 Å². The number of thiophene rings is 1. The molecule has 1 atom stereocenters. The van der Waals surface area contributed by atoms with E-state index in [1.807, 2.05) is 0 Å². The van der Waals surface area contributed by atoms with Crippen LogP contribution in [-0.2, 0) is 11.3 Å². The second-order valence-electron chi connectivity index (χ2n) is 6.18. The first-order chi connectivity index (χ1) is 12.6. The Morgan fingerprint density at radius 3 is 2.77 bits per heavy atom. The predicted octanol–water partition coefficient (Wildman–Crippen LogP) is 3.55. The smallest absolute Gasteiger partial charge is 0.191 e. The molecule has 6 heteroatoms. The van der Waals surface area contributed by atoms with Crippen LogP contribution in [0.5, 0.6) is 5.75 Å². The molecule has 0 aliphatic carbocycles. The van der Waals surface area contributed by atoms with Crippen LogP contribution in [0.4, 0.5) is 0 Å². The Kier molecular flexibility index (Phi) is 8.44. The second kappa shape index (κ2) is 10.8. The average molecular weight is 376 g/mol. The van der Waals surface area contributed by atoms with Gasteiger partial charge < -0.3 is 20.1 Å². The van der Waals surface area contributed by atoms with Gasteiger partial charge in [0, 0.05) is 43.6 Å². The maximum atomic E-state index is 5.85. The van der Waals surface area contributed by atoms with Gasteiger partial charge in [0.15, 0.2) is 5.96 Å². The summed E-state index contributed by atoms with van der Waals surface area (Å²) in [6.45, 7) is 6.88. The molecule has 0 aliphatic rings. The monoisotopic (exact) mass is 375 g/mol. The van der Waals surface area contributed by atoms with Crippen molar-refractivity contribution in [1.82, 2.24) is 10.6 Å². The summed E-state index contributed by atoms with van der Waals surface area (Å²) in [6.07, 6.45) is 0. The lowest BCUT2D eigenvalue weighted by molar-refractivity contribution is 0.145. The van der Waals surface area contributed by atoms with E-state index in [-0.39, 0.29) is 0 Å². The van der Waals surface area contributed by atoms with E-state index in [9.17, 15) is 0 Å². The highest BCUT2D eigenvalue weighted by Gasteiger charge is 2.09. The number of hydrogen-bond acceptors (Lipinski definition) is 4. The van der Waals surface area contributed by atoms with E-state index in [1.54, 1.807) is 25.5 Å². The number of nitrogens with one attached hydrogen (secondary N) is 2. The lowest BCUT2D eigenvalue weighted by Gasteiger charge is -2.17. The van der Waals surface area contributed by atoms with E-state index in [4.69, 9.17) is 9.47 Å². The van der Waals surface area contributed by atoms with Crippen LogP contribution in [-0.4, -0.2) is 39.9 Å². The van der Waals surface area contributed by atoms with Crippen molar-refractivity contribution in [3.8, 4) is 5.75 Å². The van der Waals surface area contributed by atoms with Gasteiger partial charge in [-0.05, 0) is 30.0 Å².